The summed E-state index contributed by atoms with van der Waals surface area (Å²) in [5, 5.41) is 24.6. The van der Waals surface area contributed by atoms with Gasteiger partial charge in [-0.2, -0.15) is 0 Å². The van der Waals surface area contributed by atoms with Gasteiger partial charge in [-0.3, -0.25) is 19.2 Å². The number of nitrogens with two attached hydrogens (primary N) is 1. The summed E-state index contributed by atoms with van der Waals surface area (Å²) in [4.78, 5) is 57.2. The average molecular weight is 388 g/mol. The summed E-state index contributed by atoms with van der Waals surface area (Å²) in [5.74, 6) is -4.58. The molecule has 0 heterocycles. The molecule has 11 heteroatoms. The summed E-state index contributed by atoms with van der Waals surface area (Å²) in [7, 11) is 0. The third-order valence-electron chi connectivity index (χ3n) is 3.98. The Balaban J connectivity index is 4.44. The third-order valence-corrected chi connectivity index (χ3v) is 3.98. The Kier molecular flexibility index (Phi) is 10.7. The van der Waals surface area contributed by atoms with Gasteiger partial charge in [-0.05, 0) is 19.3 Å². The van der Waals surface area contributed by atoms with Crippen molar-refractivity contribution in [1.29, 1.82) is 0 Å². The SMILES string of the molecule is CCC(C)C(NC(=O)C(C)NC(=O)CNC(=O)C(N)CCC(=O)O)C(=O)O. The van der Waals surface area contributed by atoms with Crippen LogP contribution in [0.2, 0.25) is 0 Å². The summed E-state index contributed by atoms with van der Waals surface area (Å²) in [5.41, 5.74) is 5.50. The first-order chi connectivity index (χ1) is 12.5. The van der Waals surface area contributed by atoms with E-state index in [0.717, 1.165) is 0 Å². The molecular formula is C16H28N4O7. The predicted molar refractivity (Wildman–Crippen MR) is 94.5 cm³/mol. The first-order valence-electron chi connectivity index (χ1n) is 8.57. The normalized spacial score (nSPS) is 15.0. The number of carboxylic acids is 2. The summed E-state index contributed by atoms with van der Waals surface area (Å²) < 4.78 is 0. The van der Waals surface area contributed by atoms with E-state index in [1.54, 1.807) is 13.8 Å². The zero-order valence-electron chi connectivity index (χ0n) is 15.7. The highest BCUT2D eigenvalue weighted by atomic mass is 16.4. The molecule has 0 fully saturated rings. The van der Waals surface area contributed by atoms with E-state index in [1.165, 1.54) is 6.92 Å². The number of aliphatic carboxylic acids is 2. The molecule has 7 N–H and O–H groups in total. The minimum atomic E-state index is -1.17. The van der Waals surface area contributed by atoms with E-state index < -0.39 is 54.3 Å². The van der Waals surface area contributed by atoms with Crippen LogP contribution >= 0.6 is 0 Å². The molecule has 27 heavy (non-hydrogen) atoms. The van der Waals surface area contributed by atoms with Gasteiger partial charge in [0, 0.05) is 6.42 Å². The summed E-state index contributed by atoms with van der Waals surface area (Å²) in [6.45, 7) is 4.40. The van der Waals surface area contributed by atoms with Crippen LogP contribution in [0.4, 0.5) is 0 Å². The highest BCUT2D eigenvalue weighted by Crippen LogP contribution is 2.08. The van der Waals surface area contributed by atoms with Crippen molar-refractivity contribution in [3.8, 4) is 0 Å². The van der Waals surface area contributed by atoms with Crippen LogP contribution in [-0.2, 0) is 24.0 Å². The van der Waals surface area contributed by atoms with E-state index in [1.807, 2.05) is 0 Å². The lowest BCUT2D eigenvalue weighted by atomic mass is 9.99. The first-order valence-corrected chi connectivity index (χ1v) is 8.57. The molecule has 0 bridgehead atoms. The Hall–Kier alpha value is -2.69. The van der Waals surface area contributed by atoms with Crippen molar-refractivity contribution in [3.05, 3.63) is 0 Å². The predicted octanol–water partition coefficient (Wildman–Crippen LogP) is -1.59. The number of amides is 3. The van der Waals surface area contributed by atoms with Crippen molar-refractivity contribution in [2.45, 2.75) is 58.2 Å². The lowest BCUT2D eigenvalue weighted by Crippen LogP contribution is -2.54. The molecule has 0 aromatic heterocycles. The van der Waals surface area contributed by atoms with Gasteiger partial charge < -0.3 is 31.9 Å². The lowest BCUT2D eigenvalue weighted by Gasteiger charge is -2.22. The van der Waals surface area contributed by atoms with Crippen molar-refractivity contribution in [1.82, 2.24) is 16.0 Å². The van der Waals surface area contributed by atoms with Gasteiger partial charge in [-0.25, -0.2) is 4.79 Å². The van der Waals surface area contributed by atoms with Crippen molar-refractivity contribution in [2.24, 2.45) is 11.7 Å². The van der Waals surface area contributed by atoms with Crippen LogP contribution in [0.3, 0.4) is 0 Å². The van der Waals surface area contributed by atoms with Gasteiger partial charge in [0.05, 0.1) is 12.6 Å². The number of carboxylic acid groups (broad SMARTS) is 2. The van der Waals surface area contributed by atoms with Crippen molar-refractivity contribution in [3.63, 3.8) is 0 Å². The zero-order chi connectivity index (χ0) is 21.1. The second-order valence-electron chi connectivity index (χ2n) is 6.26. The molecule has 4 atom stereocenters. The zero-order valence-corrected chi connectivity index (χ0v) is 15.7. The second kappa shape index (κ2) is 11.8. The number of hydrogen-bond acceptors (Lipinski definition) is 6. The number of hydrogen-bond donors (Lipinski definition) is 6. The minimum absolute atomic E-state index is 0.0756. The van der Waals surface area contributed by atoms with Crippen LogP contribution in [0, 0.1) is 5.92 Å². The standard InChI is InChI=1S/C16H28N4O7/c1-4-8(2)13(16(26)27)20-14(24)9(3)19-11(21)7-18-15(25)10(17)5-6-12(22)23/h8-10,13H,4-7,17H2,1-3H3,(H,18,25)(H,19,21)(H,20,24)(H,22,23)(H,26,27). The van der Waals surface area contributed by atoms with Gasteiger partial charge in [-0.1, -0.05) is 20.3 Å². The molecule has 3 amide bonds. The Bertz CT molecular complexity index is 567. The largest absolute Gasteiger partial charge is 0.481 e. The Morgan fingerprint density at radius 1 is 1.00 bits per heavy atom. The van der Waals surface area contributed by atoms with Crippen LogP contribution in [0.25, 0.3) is 0 Å². The van der Waals surface area contributed by atoms with Gasteiger partial charge in [-0.15, -0.1) is 0 Å². The number of nitrogens with one attached hydrogen (secondary N) is 3. The van der Waals surface area contributed by atoms with Gasteiger partial charge in [0.1, 0.15) is 12.1 Å². The van der Waals surface area contributed by atoms with Gasteiger partial charge >= 0.3 is 11.9 Å². The smallest absolute Gasteiger partial charge is 0.326 e. The molecule has 0 aromatic rings. The topological polar surface area (TPSA) is 188 Å². The first kappa shape index (κ1) is 24.3. The minimum Gasteiger partial charge on any atom is -0.481 e. The number of carbonyl (C=O) groups excluding carboxylic acids is 3. The van der Waals surface area contributed by atoms with E-state index in [4.69, 9.17) is 15.9 Å². The molecule has 154 valence electrons. The monoisotopic (exact) mass is 388 g/mol. The highest BCUT2D eigenvalue weighted by molar-refractivity contribution is 5.92. The van der Waals surface area contributed by atoms with Gasteiger partial charge in [0.2, 0.25) is 17.7 Å². The second-order valence-corrected chi connectivity index (χ2v) is 6.26. The molecule has 0 aliphatic carbocycles. The van der Waals surface area contributed by atoms with Crippen molar-refractivity contribution < 1.29 is 34.2 Å². The fourth-order valence-corrected chi connectivity index (χ4v) is 2.03. The summed E-state index contributed by atoms with van der Waals surface area (Å²) >= 11 is 0. The van der Waals surface area contributed by atoms with E-state index in [-0.39, 0.29) is 18.8 Å². The molecule has 11 nitrogen and oxygen atoms in total. The van der Waals surface area contributed by atoms with Crippen LogP contribution < -0.4 is 21.7 Å². The fourth-order valence-electron chi connectivity index (χ4n) is 2.03. The maximum Gasteiger partial charge on any atom is 0.326 e. The maximum atomic E-state index is 12.1. The maximum absolute atomic E-state index is 12.1. The molecule has 0 spiro atoms. The van der Waals surface area contributed by atoms with Crippen LogP contribution in [-0.4, -0.2) is 64.5 Å². The Morgan fingerprint density at radius 2 is 1.59 bits per heavy atom. The van der Waals surface area contributed by atoms with E-state index in [9.17, 15) is 24.0 Å². The molecule has 0 aliphatic heterocycles. The Morgan fingerprint density at radius 3 is 2.07 bits per heavy atom. The van der Waals surface area contributed by atoms with Gasteiger partial charge in [0.15, 0.2) is 0 Å². The number of rotatable bonds is 12. The van der Waals surface area contributed by atoms with E-state index >= 15 is 0 Å². The van der Waals surface area contributed by atoms with E-state index in [2.05, 4.69) is 16.0 Å². The molecule has 0 rings (SSSR count). The van der Waals surface area contributed by atoms with Crippen molar-refractivity contribution >= 4 is 29.7 Å². The summed E-state index contributed by atoms with van der Waals surface area (Å²) in [6, 6.07) is -3.16. The fraction of sp³-hybridized carbons (Fsp3) is 0.688. The quantitative estimate of drug-likeness (QED) is 0.231. The molecule has 0 saturated carbocycles. The highest BCUT2D eigenvalue weighted by Gasteiger charge is 2.27. The molecular weight excluding hydrogens is 360 g/mol. The third kappa shape index (κ3) is 9.54. The average Bonchev–Trinajstić information content (AvgIpc) is 2.60. The number of carbonyl (C=O) groups is 5. The molecule has 0 aliphatic rings. The van der Waals surface area contributed by atoms with Crippen LogP contribution in [0.15, 0.2) is 0 Å². The molecule has 0 radical (unpaired) electrons. The van der Waals surface area contributed by atoms with Crippen LogP contribution in [0.5, 0.6) is 0 Å². The van der Waals surface area contributed by atoms with Crippen LogP contribution in [0.1, 0.15) is 40.0 Å². The van der Waals surface area contributed by atoms with Crippen molar-refractivity contribution in [2.75, 3.05) is 6.54 Å². The van der Waals surface area contributed by atoms with E-state index in [0.29, 0.717) is 6.42 Å². The Labute approximate surface area is 157 Å². The lowest BCUT2D eigenvalue weighted by molar-refractivity contribution is -0.143. The molecule has 0 aromatic carbocycles. The molecule has 0 saturated heterocycles. The molecule has 4 unspecified atom stereocenters. The van der Waals surface area contributed by atoms with Gasteiger partial charge in [0.25, 0.3) is 0 Å². The summed E-state index contributed by atoms with van der Waals surface area (Å²) in [6.07, 6.45) is 0.193.